The molecule has 3 aromatic rings. The first-order chi connectivity index (χ1) is 17.3. The molecule has 0 saturated carbocycles. The molecule has 1 aliphatic rings. The molecule has 1 atom stereocenters. The van der Waals surface area contributed by atoms with Crippen LogP contribution < -0.4 is 20.5 Å². The van der Waals surface area contributed by atoms with Crippen LogP contribution in [0.5, 0.6) is 0 Å². The number of nitrogens with zero attached hydrogens (tertiary/aromatic N) is 1. The fraction of sp³-hybridized carbons (Fsp3) is 0.192. The van der Waals surface area contributed by atoms with Gasteiger partial charge in [-0.15, -0.1) is 11.3 Å². The Hall–Kier alpha value is -4.05. The van der Waals surface area contributed by atoms with E-state index in [1.165, 1.54) is 42.5 Å². The molecule has 2 aromatic carbocycles. The molecular weight excluding hydrogens is 490 g/mol. The molecule has 1 unspecified atom stereocenters. The Morgan fingerprint density at radius 2 is 1.61 bits per heavy atom. The molecule has 2 heterocycles. The monoisotopic (exact) mass is 512 g/mol. The van der Waals surface area contributed by atoms with Gasteiger partial charge in [0.15, 0.2) is 5.70 Å². The highest BCUT2D eigenvalue weighted by molar-refractivity contribution is 7.07. The highest BCUT2D eigenvalue weighted by Crippen LogP contribution is 2.37. The van der Waals surface area contributed by atoms with E-state index < -0.39 is 35.1 Å². The van der Waals surface area contributed by atoms with Crippen LogP contribution in [0.1, 0.15) is 30.9 Å². The molecule has 0 amide bonds. The third kappa shape index (κ3) is 4.35. The molecule has 0 saturated heterocycles. The summed E-state index contributed by atoms with van der Waals surface area (Å²) in [6, 6.07) is 11.5. The molecule has 0 radical (unpaired) electrons. The summed E-state index contributed by atoms with van der Waals surface area (Å²) < 4.78 is 40.7. The maximum Gasteiger partial charge on any atom is 0.357 e. The molecule has 0 bridgehead atoms. The second-order valence-corrected chi connectivity index (χ2v) is 8.72. The average molecular weight is 513 g/mol. The van der Waals surface area contributed by atoms with Crippen LogP contribution in [0.2, 0.25) is 0 Å². The Kier molecular flexibility index (Phi) is 7.16. The molecule has 186 valence electrons. The standard InChI is InChI=1S/C26H22F2N2O5S/c1-3-34-25(32)20-19(15-10-6-8-12-17(15)28)21(29)22(26(33)35-4-2)30-23(31)18(36-24(20)30)13-14-9-5-7-11-16(14)27/h5-13,19H,3-4,29H2,1-2H3. The zero-order chi connectivity index (χ0) is 26.0. The van der Waals surface area contributed by atoms with Gasteiger partial charge >= 0.3 is 11.9 Å². The lowest BCUT2D eigenvalue weighted by molar-refractivity contribution is -0.137. The van der Waals surface area contributed by atoms with Gasteiger partial charge < -0.3 is 15.2 Å². The lowest BCUT2D eigenvalue weighted by Crippen LogP contribution is -2.42. The first-order valence-corrected chi connectivity index (χ1v) is 11.9. The minimum atomic E-state index is -1.23. The van der Waals surface area contributed by atoms with Crippen LogP contribution in [0.25, 0.3) is 17.3 Å². The van der Waals surface area contributed by atoms with E-state index in [2.05, 4.69) is 0 Å². The van der Waals surface area contributed by atoms with Gasteiger partial charge in [-0.2, -0.15) is 0 Å². The molecule has 1 aromatic heterocycles. The summed E-state index contributed by atoms with van der Waals surface area (Å²) in [5.41, 5.74) is 5.17. The van der Waals surface area contributed by atoms with E-state index >= 15 is 0 Å². The fourth-order valence-corrected chi connectivity index (χ4v) is 5.15. The third-order valence-corrected chi connectivity index (χ3v) is 6.63. The minimum Gasteiger partial charge on any atom is -0.463 e. The van der Waals surface area contributed by atoms with Crippen molar-refractivity contribution < 1.29 is 27.8 Å². The van der Waals surface area contributed by atoms with Crippen LogP contribution in [0.4, 0.5) is 8.78 Å². The lowest BCUT2D eigenvalue weighted by atomic mass is 9.86. The van der Waals surface area contributed by atoms with Gasteiger partial charge in [-0.1, -0.05) is 36.4 Å². The van der Waals surface area contributed by atoms with Crippen molar-refractivity contribution in [1.29, 1.82) is 0 Å². The van der Waals surface area contributed by atoms with E-state index in [1.54, 1.807) is 26.0 Å². The molecule has 0 spiro atoms. The second-order valence-electron chi connectivity index (χ2n) is 7.69. The van der Waals surface area contributed by atoms with E-state index in [-0.39, 0.29) is 50.5 Å². The van der Waals surface area contributed by atoms with Crippen molar-refractivity contribution in [2.24, 2.45) is 5.73 Å². The summed E-state index contributed by atoms with van der Waals surface area (Å²) in [6.45, 7) is 3.17. The van der Waals surface area contributed by atoms with Gasteiger partial charge in [0.05, 0.1) is 34.9 Å². The van der Waals surface area contributed by atoms with Crippen LogP contribution in [0.15, 0.2) is 59.0 Å². The molecule has 4 rings (SSSR count). The number of nitrogens with two attached hydrogens (primary N) is 1. The Morgan fingerprint density at radius 1 is 1.00 bits per heavy atom. The maximum absolute atomic E-state index is 15.0. The number of fused-ring (bicyclic) bond motifs is 1. The number of ether oxygens (including phenoxy) is 2. The van der Waals surface area contributed by atoms with Crippen molar-refractivity contribution in [3.8, 4) is 0 Å². The molecule has 36 heavy (non-hydrogen) atoms. The molecule has 2 N–H and O–H groups in total. The van der Waals surface area contributed by atoms with Gasteiger partial charge in [-0.3, -0.25) is 9.36 Å². The number of halogens is 2. The van der Waals surface area contributed by atoms with Crippen molar-refractivity contribution >= 4 is 40.6 Å². The largest absolute Gasteiger partial charge is 0.463 e. The van der Waals surface area contributed by atoms with Gasteiger partial charge in [0, 0.05) is 11.1 Å². The molecule has 1 aliphatic heterocycles. The predicted molar refractivity (Wildman–Crippen MR) is 131 cm³/mol. The minimum absolute atomic E-state index is 0.00446. The molecule has 0 fully saturated rings. The van der Waals surface area contributed by atoms with Gasteiger partial charge in [-0.05, 0) is 32.1 Å². The Bertz CT molecular complexity index is 1570. The van der Waals surface area contributed by atoms with Crippen molar-refractivity contribution in [3.63, 3.8) is 0 Å². The predicted octanol–water partition coefficient (Wildman–Crippen LogP) is 2.22. The zero-order valence-electron chi connectivity index (χ0n) is 19.4. The summed E-state index contributed by atoms with van der Waals surface area (Å²) in [5, 5.41) is 0. The van der Waals surface area contributed by atoms with Gasteiger partial charge in [0.25, 0.3) is 5.56 Å². The van der Waals surface area contributed by atoms with Gasteiger partial charge in [-0.25, -0.2) is 18.4 Å². The lowest BCUT2D eigenvalue weighted by Gasteiger charge is -2.26. The zero-order valence-corrected chi connectivity index (χ0v) is 20.2. The van der Waals surface area contributed by atoms with Crippen LogP contribution in [-0.2, 0) is 19.1 Å². The van der Waals surface area contributed by atoms with Gasteiger partial charge in [0.1, 0.15) is 16.3 Å². The van der Waals surface area contributed by atoms with E-state index in [0.717, 1.165) is 15.9 Å². The first-order valence-electron chi connectivity index (χ1n) is 11.1. The topological polar surface area (TPSA) is 101 Å². The smallest absolute Gasteiger partial charge is 0.357 e. The van der Waals surface area contributed by atoms with E-state index in [9.17, 15) is 23.2 Å². The quantitative estimate of drug-likeness (QED) is 0.509. The third-order valence-electron chi connectivity index (χ3n) is 5.52. The highest BCUT2D eigenvalue weighted by Gasteiger charge is 2.39. The van der Waals surface area contributed by atoms with E-state index in [1.807, 2.05) is 0 Å². The van der Waals surface area contributed by atoms with Gasteiger partial charge in [0.2, 0.25) is 0 Å². The molecular formula is C26H22F2N2O5S. The number of benzene rings is 2. The molecule has 0 aliphatic carbocycles. The average Bonchev–Trinajstić information content (AvgIpc) is 3.16. The summed E-state index contributed by atoms with van der Waals surface area (Å²) >= 11 is 0.844. The number of rotatable bonds is 6. The SMILES string of the molecule is CCOC(=O)C1=C(N)C(c2ccccc2F)C(C(=O)OCC)=c2sc(=Cc3ccccc3F)c(=O)n21. The fourth-order valence-electron chi connectivity index (χ4n) is 4.00. The maximum atomic E-state index is 15.0. The number of allylic oxidation sites excluding steroid dienone is 1. The Morgan fingerprint density at radius 3 is 2.25 bits per heavy atom. The van der Waals surface area contributed by atoms with Crippen molar-refractivity contribution in [2.75, 3.05) is 13.2 Å². The molecule has 10 heteroatoms. The number of hydrogen-bond acceptors (Lipinski definition) is 7. The normalized spacial score (nSPS) is 15.6. The molecule has 7 nitrogen and oxygen atoms in total. The number of carbonyl (C=O) groups excluding carboxylic acids is 2. The van der Waals surface area contributed by atoms with Crippen molar-refractivity contribution in [3.05, 3.63) is 96.5 Å². The first kappa shape index (κ1) is 25.1. The number of hydrogen-bond donors (Lipinski definition) is 1. The summed E-state index contributed by atoms with van der Waals surface area (Å²) in [5.74, 6) is -4.21. The van der Waals surface area contributed by atoms with Crippen LogP contribution in [0.3, 0.4) is 0 Å². The Labute approximate surface area is 208 Å². The second kappa shape index (κ2) is 10.3. The van der Waals surface area contributed by atoms with Crippen LogP contribution in [-0.4, -0.2) is 29.7 Å². The van der Waals surface area contributed by atoms with Crippen molar-refractivity contribution in [1.82, 2.24) is 4.57 Å². The summed E-state index contributed by atoms with van der Waals surface area (Å²) in [4.78, 5) is 39.7. The summed E-state index contributed by atoms with van der Waals surface area (Å²) in [6.07, 6.45) is 1.31. The van der Waals surface area contributed by atoms with Crippen molar-refractivity contribution in [2.45, 2.75) is 19.8 Å². The van der Waals surface area contributed by atoms with Crippen LogP contribution in [0, 0.1) is 11.6 Å². The summed E-state index contributed by atoms with van der Waals surface area (Å²) in [7, 11) is 0. The number of carbonyl (C=O) groups is 2. The number of aromatic nitrogens is 1. The van der Waals surface area contributed by atoms with E-state index in [0.29, 0.717) is 0 Å². The number of esters is 2. The number of thiazole rings is 1. The highest BCUT2D eigenvalue weighted by atomic mass is 32.1. The van der Waals surface area contributed by atoms with E-state index in [4.69, 9.17) is 15.2 Å². The Balaban J connectivity index is 2.16. The van der Waals surface area contributed by atoms with Crippen LogP contribution >= 0.6 is 11.3 Å².